The molecule has 1 saturated heterocycles. The average molecular weight is 243 g/mol. The van der Waals surface area contributed by atoms with Crippen molar-refractivity contribution in [2.75, 3.05) is 31.6 Å². The van der Waals surface area contributed by atoms with Gasteiger partial charge in [0.2, 0.25) is 0 Å². The molecule has 1 aliphatic rings. The first-order valence-corrected chi connectivity index (χ1v) is 6.51. The maximum atomic E-state index is 8.90. The second-order valence-corrected chi connectivity index (χ2v) is 5.23. The van der Waals surface area contributed by atoms with E-state index in [0.717, 1.165) is 19.6 Å². The van der Waals surface area contributed by atoms with Gasteiger partial charge in [0.1, 0.15) is 0 Å². The zero-order chi connectivity index (χ0) is 13.1. The van der Waals surface area contributed by atoms with Crippen molar-refractivity contribution in [3.63, 3.8) is 0 Å². The highest BCUT2D eigenvalue weighted by Crippen LogP contribution is 2.24. The Kier molecular flexibility index (Phi) is 3.88. The van der Waals surface area contributed by atoms with Gasteiger partial charge in [-0.25, -0.2) is 0 Å². The van der Waals surface area contributed by atoms with Crippen LogP contribution >= 0.6 is 0 Å². The normalized spacial score (nSPS) is 20.8. The van der Waals surface area contributed by atoms with E-state index in [1.54, 1.807) is 0 Å². The molecule has 96 valence electrons. The summed E-state index contributed by atoms with van der Waals surface area (Å²) in [7, 11) is 2.11. The third-order valence-corrected chi connectivity index (χ3v) is 3.81. The number of piperazine rings is 1. The van der Waals surface area contributed by atoms with Crippen LogP contribution in [0.3, 0.4) is 0 Å². The first-order valence-electron chi connectivity index (χ1n) is 6.51. The summed E-state index contributed by atoms with van der Waals surface area (Å²) >= 11 is 0. The molecule has 1 aromatic rings. The molecule has 1 heterocycles. The second-order valence-electron chi connectivity index (χ2n) is 5.23. The number of benzene rings is 1. The number of rotatable bonds is 2. The van der Waals surface area contributed by atoms with Crippen LogP contribution in [0.2, 0.25) is 0 Å². The van der Waals surface area contributed by atoms with Gasteiger partial charge in [0.25, 0.3) is 0 Å². The Bertz CT molecular complexity index is 461. The van der Waals surface area contributed by atoms with Gasteiger partial charge < -0.3 is 4.90 Å². The molecule has 2 rings (SSSR count). The van der Waals surface area contributed by atoms with Gasteiger partial charge in [0.05, 0.1) is 12.5 Å². The van der Waals surface area contributed by atoms with Gasteiger partial charge in [-0.05, 0) is 38.1 Å². The van der Waals surface area contributed by atoms with Gasteiger partial charge in [0, 0.05) is 31.4 Å². The molecule has 0 saturated carbocycles. The fraction of sp³-hybridized carbons (Fsp3) is 0.533. The predicted molar refractivity (Wildman–Crippen MR) is 74.8 cm³/mol. The molecule has 1 unspecified atom stereocenters. The third-order valence-electron chi connectivity index (χ3n) is 3.81. The zero-order valence-electron chi connectivity index (χ0n) is 11.5. The molecule has 0 amide bonds. The van der Waals surface area contributed by atoms with E-state index in [0.29, 0.717) is 12.5 Å². The molecule has 0 bridgehead atoms. The molecular weight excluding hydrogens is 222 g/mol. The monoisotopic (exact) mass is 243 g/mol. The standard InChI is InChI=1S/C15H21N3/c1-12-4-5-13(2)15(10-12)18-9-8-17(3)14(11-18)6-7-16/h4-5,10,14H,6,8-9,11H2,1-3H3. The molecular formula is C15H21N3. The summed E-state index contributed by atoms with van der Waals surface area (Å²) in [5.74, 6) is 0. The van der Waals surface area contributed by atoms with Crippen molar-refractivity contribution < 1.29 is 0 Å². The number of nitrogens with zero attached hydrogens (tertiary/aromatic N) is 3. The number of aryl methyl sites for hydroxylation is 2. The summed E-state index contributed by atoms with van der Waals surface area (Å²) in [6, 6.07) is 9.24. The van der Waals surface area contributed by atoms with Gasteiger partial charge in [-0.3, -0.25) is 4.90 Å². The minimum Gasteiger partial charge on any atom is -0.368 e. The Morgan fingerprint density at radius 1 is 1.33 bits per heavy atom. The van der Waals surface area contributed by atoms with Crippen molar-refractivity contribution in [3.8, 4) is 6.07 Å². The molecule has 0 N–H and O–H groups in total. The molecule has 0 radical (unpaired) electrons. The fourth-order valence-corrected chi connectivity index (χ4v) is 2.55. The molecule has 0 aromatic heterocycles. The van der Waals surface area contributed by atoms with Crippen LogP contribution in [0.25, 0.3) is 0 Å². The lowest BCUT2D eigenvalue weighted by molar-refractivity contribution is 0.221. The van der Waals surface area contributed by atoms with Gasteiger partial charge >= 0.3 is 0 Å². The topological polar surface area (TPSA) is 30.3 Å². The first-order chi connectivity index (χ1) is 8.61. The molecule has 0 spiro atoms. The van der Waals surface area contributed by atoms with E-state index >= 15 is 0 Å². The maximum Gasteiger partial charge on any atom is 0.0638 e. The highest BCUT2D eigenvalue weighted by atomic mass is 15.3. The van der Waals surface area contributed by atoms with E-state index in [4.69, 9.17) is 5.26 Å². The minimum absolute atomic E-state index is 0.351. The summed E-state index contributed by atoms with van der Waals surface area (Å²) in [6.45, 7) is 7.31. The number of hydrogen-bond acceptors (Lipinski definition) is 3. The van der Waals surface area contributed by atoms with Crippen molar-refractivity contribution in [2.24, 2.45) is 0 Å². The van der Waals surface area contributed by atoms with Gasteiger partial charge in [-0.1, -0.05) is 12.1 Å². The smallest absolute Gasteiger partial charge is 0.0638 e. The van der Waals surface area contributed by atoms with E-state index < -0.39 is 0 Å². The zero-order valence-corrected chi connectivity index (χ0v) is 11.5. The summed E-state index contributed by atoms with van der Waals surface area (Å²) in [5, 5.41) is 8.90. The second kappa shape index (κ2) is 5.41. The Hall–Kier alpha value is -1.53. The lowest BCUT2D eigenvalue weighted by atomic mass is 10.1. The summed E-state index contributed by atoms with van der Waals surface area (Å²) < 4.78 is 0. The highest BCUT2D eigenvalue weighted by Gasteiger charge is 2.24. The molecule has 1 fully saturated rings. The van der Waals surface area contributed by atoms with Crippen molar-refractivity contribution in [1.29, 1.82) is 5.26 Å². The van der Waals surface area contributed by atoms with Gasteiger partial charge in [-0.2, -0.15) is 5.26 Å². The molecule has 1 aliphatic heterocycles. The number of anilines is 1. The van der Waals surface area contributed by atoms with Crippen molar-refractivity contribution in [1.82, 2.24) is 4.90 Å². The van der Waals surface area contributed by atoms with E-state index in [1.807, 2.05) is 0 Å². The van der Waals surface area contributed by atoms with E-state index in [2.05, 4.69) is 55.0 Å². The summed E-state index contributed by atoms with van der Waals surface area (Å²) in [6.07, 6.45) is 0.609. The van der Waals surface area contributed by atoms with Crippen molar-refractivity contribution in [2.45, 2.75) is 26.3 Å². The summed E-state index contributed by atoms with van der Waals surface area (Å²) in [5.41, 5.74) is 3.94. The maximum absolute atomic E-state index is 8.90. The van der Waals surface area contributed by atoms with E-state index in [9.17, 15) is 0 Å². The molecule has 3 heteroatoms. The van der Waals surface area contributed by atoms with Crippen LogP contribution in [-0.4, -0.2) is 37.6 Å². The van der Waals surface area contributed by atoms with Crippen LogP contribution in [0, 0.1) is 25.2 Å². The lowest BCUT2D eigenvalue weighted by Crippen LogP contribution is -2.51. The van der Waals surface area contributed by atoms with Crippen LogP contribution in [-0.2, 0) is 0 Å². The number of nitriles is 1. The minimum atomic E-state index is 0.351. The van der Waals surface area contributed by atoms with Crippen LogP contribution in [0.1, 0.15) is 17.5 Å². The molecule has 1 atom stereocenters. The van der Waals surface area contributed by atoms with Crippen molar-refractivity contribution >= 4 is 5.69 Å². The Balaban J connectivity index is 2.19. The van der Waals surface area contributed by atoms with E-state index in [-0.39, 0.29) is 0 Å². The summed E-state index contributed by atoms with van der Waals surface area (Å²) in [4.78, 5) is 4.72. The molecule has 18 heavy (non-hydrogen) atoms. The van der Waals surface area contributed by atoms with Gasteiger partial charge in [0.15, 0.2) is 0 Å². The first kappa shape index (κ1) is 12.9. The average Bonchev–Trinajstić information content (AvgIpc) is 2.35. The number of hydrogen-bond donors (Lipinski definition) is 0. The fourth-order valence-electron chi connectivity index (χ4n) is 2.55. The SMILES string of the molecule is Cc1ccc(C)c(N2CCN(C)C(CC#N)C2)c1. The Morgan fingerprint density at radius 3 is 2.83 bits per heavy atom. The molecule has 3 nitrogen and oxygen atoms in total. The molecule has 1 aromatic carbocycles. The molecule has 0 aliphatic carbocycles. The van der Waals surface area contributed by atoms with Crippen LogP contribution in [0.4, 0.5) is 5.69 Å². The third kappa shape index (κ3) is 2.65. The van der Waals surface area contributed by atoms with Crippen LogP contribution in [0.5, 0.6) is 0 Å². The van der Waals surface area contributed by atoms with E-state index in [1.165, 1.54) is 16.8 Å². The van der Waals surface area contributed by atoms with Crippen LogP contribution in [0.15, 0.2) is 18.2 Å². The highest BCUT2D eigenvalue weighted by molar-refractivity contribution is 5.55. The largest absolute Gasteiger partial charge is 0.368 e. The Morgan fingerprint density at radius 2 is 2.11 bits per heavy atom. The lowest BCUT2D eigenvalue weighted by Gasteiger charge is -2.40. The van der Waals surface area contributed by atoms with Crippen LogP contribution < -0.4 is 4.90 Å². The predicted octanol–water partition coefficient (Wildman–Crippen LogP) is 2.34. The van der Waals surface area contributed by atoms with Crippen molar-refractivity contribution in [3.05, 3.63) is 29.3 Å². The Labute approximate surface area is 110 Å². The van der Waals surface area contributed by atoms with Gasteiger partial charge in [-0.15, -0.1) is 0 Å². The number of likely N-dealkylation sites (N-methyl/N-ethyl adjacent to an activating group) is 1. The quantitative estimate of drug-likeness (QED) is 0.798.